The first-order chi connectivity index (χ1) is 13.5. The van der Waals surface area contributed by atoms with E-state index in [9.17, 15) is 10.7 Å². The molecule has 0 amide bonds. The number of hydrogen-bond donors (Lipinski definition) is 0. The molecule has 0 aliphatic heterocycles. The molecule has 5 heteroatoms. The van der Waals surface area contributed by atoms with Crippen molar-refractivity contribution in [2.45, 2.75) is 20.3 Å². The molecule has 0 bridgehead atoms. The van der Waals surface area contributed by atoms with Crippen molar-refractivity contribution in [2.24, 2.45) is 5.92 Å². The summed E-state index contributed by atoms with van der Waals surface area (Å²) in [4.78, 5) is 0. The number of hydrogen-bond acceptors (Lipinski definition) is 0. The Bertz CT molecular complexity index is 696. The van der Waals surface area contributed by atoms with E-state index < -0.39 is 22.5 Å². The summed E-state index contributed by atoms with van der Waals surface area (Å²) >= 11 is -3.81. The van der Waals surface area contributed by atoms with Gasteiger partial charge in [-0.25, -0.2) is 0 Å². The maximum atomic E-state index is 9.69. The summed E-state index contributed by atoms with van der Waals surface area (Å²) < 4.78 is 29.1. The molecule has 0 spiro atoms. The van der Waals surface area contributed by atoms with Crippen molar-refractivity contribution in [3.8, 4) is 0 Å². The van der Waals surface area contributed by atoms with Crippen LogP contribution in [0, 0.1) is 5.92 Å². The molecule has 0 fully saturated rings. The number of benzene rings is 3. The zero-order chi connectivity index (χ0) is 20.4. The van der Waals surface area contributed by atoms with Crippen LogP contribution in [0.25, 0.3) is 0 Å². The van der Waals surface area contributed by atoms with Gasteiger partial charge in [0.05, 0.1) is 6.16 Å². The average Bonchev–Trinajstić information content (AvgIpc) is 2.70. The monoisotopic (exact) mass is 453 g/mol. The second-order valence-corrected chi connectivity index (χ2v) is 10.9. The Kier molecular flexibility index (Phi) is 9.25. The summed E-state index contributed by atoms with van der Waals surface area (Å²) in [6, 6.07) is 33.4. The standard InChI is InChI=1S/C23H26P.Cu.3FH/c1-20(2)18-19-24(21-12-6-3-7-13-21,22-14-8-4-9-15-22)23-16-10-5-11-17-23;;;;/h3-17,20H,18-19H2,1-2H3;;3*1H/q+1;+2;;;/p-3. The van der Waals surface area contributed by atoms with Gasteiger partial charge < -0.3 is 0 Å². The minimum absolute atomic E-state index is 0.709. The zero-order valence-electron chi connectivity index (χ0n) is 16.0. The van der Waals surface area contributed by atoms with Gasteiger partial charge in [-0.2, -0.15) is 0 Å². The number of halogens is 3. The van der Waals surface area contributed by atoms with Crippen molar-refractivity contribution >= 4 is 23.2 Å². The molecule has 3 aromatic carbocycles. The van der Waals surface area contributed by atoms with E-state index in [-0.39, 0.29) is 0 Å². The Balaban J connectivity index is 0.000000640. The summed E-state index contributed by atoms with van der Waals surface area (Å²) in [5.41, 5.74) is 0. The van der Waals surface area contributed by atoms with Gasteiger partial charge in [0.1, 0.15) is 23.2 Å². The van der Waals surface area contributed by atoms with Crippen molar-refractivity contribution in [1.82, 2.24) is 0 Å². The van der Waals surface area contributed by atoms with Gasteiger partial charge in [-0.1, -0.05) is 68.4 Å². The molecular formula is C23H26CuF3P. The van der Waals surface area contributed by atoms with E-state index in [1.807, 2.05) is 0 Å². The van der Waals surface area contributed by atoms with Crippen LogP contribution in [0.5, 0.6) is 0 Å². The molecule has 0 aliphatic rings. The molecule has 28 heavy (non-hydrogen) atoms. The van der Waals surface area contributed by atoms with Crippen molar-refractivity contribution in [3.63, 3.8) is 0 Å². The second-order valence-electron chi connectivity index (χ2n) is 6.85. The van der Waals surface area contributed by atoms with E-state index in [1.54, 1.807) is 0 Å². The van der Waals surface area contributed by atoms with E-state index in [4.69, 9.17) is 0 Å². The first kappa shape index (κ1) is 22.7. The predicted octanol–water partition coefficient (Wildman–Crippen LogP) is 6.28. The molecule has 3 aromatic rings. The summed E-state index contributed by atoms with van der Waals surface area (Å²) in [6.45, 7) is 4.66. The van der Waals surface area contributed by atoms with E-state index in [2.05, 4.69) is 105 Å². The van der Waals surface area contributed by atoms with Gasteiger partial charge in [0.2, 0.25) is 0 Å². The Morgan fingerprint density at radius 3 is 1.18 bits per heavy atom. The van der Waals surface area contributed by atoms with Gasteiger partial charge in [-0.05, 0) is 48.7 Å². The van der Waals surface area contributed by atoms with Gasteiger partial charge >= 0.3 is 25.9 Å². The van der Waals surface area contributed by atoms with Crippen LogP contribution in [0.1, 0.15) is 20.3 Å². The Hall–Kier alpha value is -1.60. The quantitative estimate of drug-likeness (QED) is 0.304. The second kappa shape index (κ2) is 11.4. The Morgan fingerprint density at radius 1 is 0.643 bits per heavy atom. The zero-order valence-corrected chi connectivity index (χ0v) is 17.9. The number of rotatable bonds is 6. The summed E-state index contributed by atoms with van der Waals surface area (Å²) in [5.74, 6) is 0.709. The van der Waals surface area contributed by atoms with E-state index in [0.29, 0.717) is 5.92 Å². The van der Waals surface area contributed by atoms with Crippen LogP contribution >= 0.6 is 7.26 Å². The van der Waals surface area contributed by atoms with Crippen LogP contribution in [0.4, 0.5) is 10.7 Å². The molecular weight excluding hydrogens is 428 g/mol. The Labute approximate surface area is 172 Å². The molecule has 0 unspecified atom stereocenters. The summed E-state index contributed by atoms with van der Waals surface area (Å²) in [5, 5.41) is 4.47. The third kappa shape index (κ3) is 6.21. The maximum absolute atomic E-state index is 9.69. The van der Waals surface area contributed by atoms with Crippen LogP contribution in [-0.2, 0) is 15.3 Å². The van der Waals surface area contributed by atoms with E-state index >= 15 is 0 Å². The first-order valence-electron chi connectivity index (χ1n) is 9.12. The molecule has 0 heterocycles. The van der Waals surface area contributed by atoms with Gasteiger partial charge in [0.15, 0.2) is 0 Å². The third-order valence-corrected chi connectivity index (χ3v) is 9.10. The van der Waals surface area contributed by atoms with Gasteiger partial charge in [-0.3, -0.25) is 0 Å². The molecule has 0 radical (unpaired) electrons. The Morgan fingerprint density at radius 2 is 0.929 bits per heavy atom. The van der Waals surface area contributed by atoms with Crippen molar-refractivity contribution in [2.75, 3.05) is 6.16 Å². The van der Waals surface area contributed by atoms with Crippen molar-refractivity contribution in [3.05, 3.63) is 91.0 Å². The first-order valence-corrected chi connectivity index (χ1v) is 12.2. The molecule has 155 valence electrons. The molecule has 0 aromatic heterocycles. The molecule has 3 rings (SSSR count). The third-order valence-electron chi connectivity index (χ3n) is 4.63. The van der Waals surface area contributed by atoms with E-state index in [1.165, 1.54) is 28.5 Å². The molecule has 0 saturated heterocycles. The molecule has 0 atom stereocenters. The van der Waals surface area contributed by atoms with Crippen molar-refractivity contribution < 1.29 is 25.9 Å². The fourth-order valence-corrected chi connectivity index (χ4v) is 7.95. The van der Waals surface area contributed by atoms with E-state index in [0.717, 1.165) is 0 Å². The predicted molar refractivity (Wildman–Crippen MR) is 113 cm³/mol. The van der Waals surface area contributed by atoms with Gasteiger partial charge in [0, 0.05) is 0 Å². The fraction of sp³-hybridized carbons (Fsp3) is 0.217. The fourth-order valence-electron chi connectivity index (χ4n) is 3.33. The molecule has 0 N–H and O–H groups in total. The van der Waals surface area contributed by atoms with Gasteiger partial charge in [0.25, 0.3) is 0 Å². The SMILES string of the molecule is CC(C)CC[P+](c1ccccc1)(c1ccccc1)c1ccccc1.[F][Cu-]([F])[F]. The topological polar surface area (TPSA) is 0 Å². The molecule has 0 nitrogen and oxygen atoms in total. The van der Waals surface area contributed by atoms with Crippen LogP contribution in [0.2, 0.25) is 0 Å². The van der Waals surface area contributed by atoms with Crippen molar-refractivity contribution in [1.29, 1.82) is 0 Å². The van der Waals surface area contributed by atoms with Crippen LogP contribution in [0.15, 0.2) is 91.0 Å². The van der Waals surface area contributed by atoms with Crippen LogP contribution in [0.3, 0.4) is 0 Å². The summed E-state index contributed by atoms with van der Waals surface area (Å²) in [7, 11) is -1.61. The molecule has 0 saturated carbocycles. The summed E-state index contributed by atoms with van der Waals surface area (Å²) in [6.07, 6.45) is 2.47. The minimum atomic E-state index is -3.81. The van der Waals surface area contributed by atoms with Gasteiger partial charge in [-0.15, -0.1) is 0 Å². The van der Waals surface area contributed by atoms with Crippen LogP contribution in [-0.4, -0.2) is 6.16 Å². The van der Waals surface area contributed by atoms with Crippen LogP contribution < -0.4 is 15.9 Å². The molecule has 0 aliphatic carbocycles. The normalized spacial score (nSPS) is 11.6. The average molecular weight is 454 g/mol.